The van der Waals surface area contributed by atoms with Crippen molar-refractivity contribution in [3.63, 3.8) is 0 Å². The van der Waals surface area contributed by atoms with Crippen molar-refractivity contribution < 1.29 is 4.79 Å². The van der Waals surface area contributed by atoms with E-state index in [0.717, 1.165) is 55.5 Å². The molecule has 1 N–H and O–H groups in total. The molecule has 1 amide bonds. The molecule has 8 heteroatoms. The molecule has 140 valence electrons. The Morgan fingerprint density at radius 3 is 2.93 bits per heavy atom. The fourth-order valence-electron chi connectivity index (χ4n) is 4.41. The van der Waals surface area contributed by atoms with Gasteiger partial charge < -0.3 is 4.90 Å². The van der Waals surface area contributed by atoms with E-state index in [1.54, 1.807) is 28.5 Å². The van der Waals surface area contributed by atoms with E-state index in [1.165, 1.54) is 0 Å². The number of aryl methyl sites for hydroxylation is 2. The number of hydrogen-bond acceptors (Lipinski definition) is 4. The van der Waals surface area contributed by atoms with E-state index < -0.39 is 0 Å². The number of aromatic amines is 1. The van der Waals surface area contributed by atoms with Crippen molar-refractivity contribution in [2.45, 2.75) is 44.6 Å². The second-order valence-corrected chi connectivity index (χ2v) is 7.45. The van der Waals surface area contributed by atoms with Gasteiger partial charge in [-0.3, -0.25) is 19.4 Å². The Balaban J connectivity index is 1.54. The number of aromatic nitrogens is 5. The van der Waals surface area contributed by atoms with E-state index in [0.29, 0.717) is 17.9 Å². The Morgan fingerprint density at radius 1 is 1.26 bits per heavy atom. The molecule has 1 saturated heterocycles. The molecule has 2 aliphatic rings. The zero-order chi connectivity index (χ0) is 18.5. The second kappa shape index (κ2) is 6.07. The molecule has 0 spiro atoms. The topological polar surface area (TPSA) is 88.3 Å². The number of H-pyrrole nitrogens is 1. The average molecular weight is 366 g/mol. The summed E-state index contributed by atoms with van der Waals surface area (Å²) in [5.41, 5.74) is 3.87. The third-order valence-corrected chi connectivity index (χ3v) is 5.82. The van der Waals surface area contributed by atoms with Crippen LogP contribution in [0.2, 0.25) is 0 Å². The molecule has 1 aliphatic carbocycles. The number of nitrogens with one attached hydrogen (secondary N) is 1. The Morgan fingerprint density at radius 2 is 2.11 bits per heavy atom. The van der Waals surface area contributed by atoms with Gasteiger partial charge >= 0.3 is 0 Å². The predicted octanol–water partition coefficient (Wildman–Crippen LogP) is 1.61. The quantitative estimate of drug-likeness (QED) is 0.746. The van der Waals surface area contributed by atoms with Crippen LogP contribution in [0.25, 0.3) is 5.65 Å². The van der Waals surface area contributed by atoms with Crippen LogP contribution in [-0.2, 0) is 19.9 Å². The van der Waals surface area contributed by atoms with Gasteiger partial charge in [0.15, 0.2) is 5.65 Å². The first-order chi connectivity index (χ1) is 13.1. The lowest BCUT2D eigenvalue weighted by Gasteiger charge is -2.23. The molecule has 0 saturated carbocycles. The van der Waals surface area contributed by atoms with E-state index in [9.17, 15) is 9.59 Å². The molecule has 8 nitrogen and oxygen atoms in total. The molecule has 1 fully saturated rings. The van der Waals surface area contributed by atoms with Crippen molar-refractivity contribution in [3.05, 3.63) is 51.3 Å². The number of fused-ring (bicyclic) bond motifs is 2. The minimum atomic E-state index is -0.0782. The van der Waals surface area contributed by atoms with E-state index in [2.05, 4.69) is 10.2 Å². The van der Waals surface area contributed by atoms with Gasteiger partial charge in [-0.1, -0.05) is 0 Å². The fourth-order valence-corrected chi connectivity index (χ4v) is 4.41. The highest BCUT2D eigenvalue weighted by molar-refractivity contribution is 5.93. The molecular formula is C19H22N6O2. The van der Waals surface area contributed by atoms with Crippen molar-refractivity contribution in [2.75, 3.05) is 6.54 Å². The lowest BCUT2D eigenvalue weighted by molar-refractivity contribution is 0.0721. The van der Waals surface area contributed by atoms with Gasteiger partial charge in [-0.25, -0.2) is 9.50 Å². The maximum atomic E-state index is 13.0. The Kier molecular flexibility index (Phi) is 3.66. The van der Waals surface area contributed by atoms with E-state index >= 15 is 0 Å². The van der Waals surface area contributed by atoms with Crippen LogP contribution in [-0.4, -0.2) is 41.7 Å². The van der Waals surface area contributed by atoms with E-state index in [-0.39, 0.29) is 17.5 Å². The van der Waals surface area contributed by atoms with Crippen LogP contribution in [0, 0.1) is 0 Å². The van der Waals surface area contributed by atoms with Gasteiger partial charge in [-0.05, 0) is 44.6 Å². The predicted molar refractivity (Wildman–Crippen MR) is 98.7 cm³/mol. The van der Waals surface area contributed by atoms with Gasteiger partial charge in [0.1, 0.15) is 5.69 Å². The van der Waals surface area contributed by atoms with E-state index in [1.807, 2.05) is 11.0 Å². The van der Waals surface area contributed by atoms with E-state index in [4.69, 9.17) is 4.98 Å². The molecule has 3 aromatic heterocycles. The summed E-state index contributed by atoms with van der Waals surface area (Å²) in [6.45, 7) is 0.697. The maximum absolute atomic E-state index is 13.0. The molecule has 0 unspecified atom stereocenters. The minimum Gasteiger partial charge on any atom is -0.329 e. The summed E-state index contributed by atoms with van der Waals surface area (Å²) < 4.78 is 3.15. The molecule has 5 rings (SSSR count). The van der Waals surface area contributed by atoms with Crippen LogP contribution >= 0.6 is 0 Å². The van der Waals surface area contributed by atoms with Gasteiger partial charge in [-0.2, -0.15) is 5.10 Å². The Hall–Kier alpha value is -2.90. The molecule has 27 heavy (non-hydrogen) atoms. The summed E-state index contributed by atoms with van der Waals surface area (Å²) in [7, 11) is 1.77. The molecule has 0 aromatic carbocycles. The van der Waals surface area contributed by atoms with Crippen LogP contribution in [0.3, 0.4) is 0 Å². The minimum absolute atomic E-state index is 0.00320. The zero-order valence-corrected chi connectivity index (χ0v) is 15.3. The third-order valence-electron chi connectivity index (χ3n) is 5.82. The zero-order valence-electron chi connectivity index (χ0n) is 15.3. The van der Waals surface area contributed by atoms with Crippen molar-refractivity contribution in [1.82, 2.24) is 29.3 Å². The summed E-state index contributed by atoms with van der Waals surface area (Å²) in [4.78, 5) is 32.4. The standard InChI is InChI=1S/C19H22N6O2/c1-23-16(8-9-20-23)19(27)24-10-4-7-15(24)14-11-17-21-13-6-3-2-5-12(13)18(26)25(17)22-14/h8-9,11,15,22H,2-7,10H2,1H3/t15-/m0/s1. The monoisotopic (exact) mass is 366 g/mol. The number of carbonyl (C=O) groups is 1. The van der Waals surface area contributed by atoms with Crippen LogP contribution < -0.4 is 5.56 Å². The Bertz CT molecular complexity index is 1090. The largest absolute Gasteiger partial charge is 0.329 e. The molecule has 3 aromatic rings. The summed E-state index contributed by atoms with van der Waals surface area (Å²) >= 11 is 0. The maximum Gasteiger partial charge on any atom is 0.276 e. The number of rotatable bonds is 2. The molecule has 4 heterocycles. The highest BCUT2D eigenvalue weighted by Crippen LogP contribution is 2.32. The molecule has 0 bridgehead atoms. The second-order valence-electron chi connectivity index (χ2n) is 7.45. The van der Waals surface area contributed by atoms with Gasteiger partial charge in [0, 0.05) is 31.4 Å². The van der Waals surface area contributed by atoms with Gasteiger partial charge in [0.05, 0.1) is 17.4 Å². The first-order valence-corrected chi connectivity index (χ1v) is 9.56. The lowest BCUT2D eigenvalue weighted by atomic mass is 9.97. The SMILES string of the molecule is Cn1nccc1C(=O)N1CCC[C@H]1c1cc2nc3c(c(=O)n2[nH]1)CCCC3. The average Bonchev–Trinajstić information content (AvgIpc) is 3.40. The number of likely N-dealkylation sites (tertiary alicyclic amines) is 1. The molecule has 0 radical (unpaired) electrons. The smallest absolute Gasteiger partial charge is 0.276 e. The summed E-state index contributed by atoms with van der Waals surface area (Å²) in [5.74, 6) is -0.0317. The Labute approximate surface area is 155 Å². The summed E-state index contributed by atoms with van der Waals surface area (Å²) in [5, 5.41) is 7.33. The van der Waals surface area contributed by atoms with Crippen molar-refractivity contribution in [1.29, 1.82) is 0 Å². The van der Waals surface area contributed by atoms with Crippen LogP contribution in [0.1, 0.15) is 59.2 Å². The van der Waals surface area contributed by atoms with Crippen molar-refractivity contribution >= 4 is 11.6 Å². The number of nitrogens with zero attached hydrogens (tertiary/aromatic N) is 5. The lowest BCUT2D eigenvalue weighted by Crippen LogP contribution is -2.32. The fraction of sp³-hybridized carbons (Fsp3) is 0.474. The van der Waals surface area contributed by atoms with Crippen molar-refractivity contribution in [2.24, 2.45) is 7.05 Å². The number of carbonyl (C=O) groups excluding carboxylic acids is 1. The van der Waals surface area contributed by atoms with Crippen LogP contribution in [0.4, 0.5) is 0 Å². The molecule has 1 aliphatic heterocycles. The molecular weight excluding hydrogens is 344 g/mol. The highest BCUT2D eigenvalue weighted by atomic mass is 16.2. The van der Waals surface area contributed by atoms with Gasteiger partial charge in [-0.15, -0.1) is 0 Å². The molecule has 1 atom stereocenters. The van der Waals surface area contributed by atoms with Crippen molar-refractivity contribution in [3.8, 4) is 0 Å². The summed E-state index contributed by atoms with van der Waals surface area (Å²) in [6, 6.07) is 3.59. The van der Waals surface area contributed by atoms with Gasteiger partial charge in [0.25, 0.3) is 11.5 Å². The third kappa shape index (κ3) is 2.50. The van der Waals surface area contributed by atoms with Crippen LogP contribution in [0.15, 0.2) is 23.1 Å². The highest BCUT2D eigenvalue weighted by Gasteiger charge is 2.33. The first-order valence-electron chi connectivity index (χ1n) is 9.56. The summed E-state index contributed by atoms with van der Waals surface area (Å²) in [6.07, 6.45) is 7.23. The van der Waals surface area contributed by atoms with Crippen LogP contribution in [0.5, 0.6) is 0 Å². The number of amides is 1. The number of hydrogen-bond donors (Lipinski definition) is 1. The van der Waals surface area contributed by atoms with Gasteiger partial charge in [0.2, 0.25) is 0 Å². The first kappa shape index (κ1) is 16.3. The normalized spacial score (nSPS) is 19.6.